The Morgan fingerprint density at radius 2 is 1.89 bits per heavy atom. The zero-order chi connectivity index (χ0) is 13.6. The molecule has 0 aromatic rings. The van der Waals surface area contributed by atoms with Crippen molar-refractivity contribution in [3.05, 3.63) is 0 Å². The predicted octanol–water partition coefficient (Wildman–Crippen LogP) is 3.28. The Labute approximate surface area is 112 Å². The van der Waals surface area contributed by atoms with Crippen LogP contribution in [0.3, 0.4) is 0 Å². The Hall–Kier alpha value is -0.570. The molecule has 0 heterocycles. The number of hydrogen-bond donors (Lipinski definition) is 1. The first-order valence-corrected chi connectivity index (χ1v) is 7.38. The monoisotopic (exact) mass is 255 g/mol. The summed E-state index contributed by atoms with van der Waals surface area (Å²) < 4.78 is 5.30. The molecule has 1 unspecified atom stereocenters. The number of carbonyl (C=O) groups excluding carboxylic acids is 1. The molecule has 106 valence electrons. The summed E-state index contributed by atoms with van der Waals surface area (Å²) >= 11 is 0. The van der Waals surface area contributed by atoms with E-state index >= 15 is 0 Å². The first kappa shape index (κ1) is 15.5. The third kappa shape index (κ3) is 3.98. The van der Waals surface area contributed by atoms with E-state index in [1.165, 1.54) is 6.42 Å². The molecule has 3 heteroatoms. The zero-order valence-electron chi connectivity index (χ0n) is 12.5. The number of hydrogen-bond acceptors (Lipinski definition) is 3. The molecule has 0 saturated heterocycles. The van der Waals surface area contributed by atoms with Gasteiger partial charge in [-0.3, -0.25) is 4.79 Å². The number of ether oxygens (including phenoxy) is 1. The molecule has 1 rings (SSSR count). The average molecular weight is 255 g/mol. The fourth-order valence-electron chi connectivity index (χ4n) is 2.76. The highest BCUT2D eigenvalue weighted by molar-refractivity contribution is 5.81. The molecule has 1 aliphatic carbocycles. The maximum Gasteiger partial charge on any atom is 0.326 e. The lowest BCUT2D eigenvalue weighted by Gasteiger charge is -2.32. The molecule has 0 radical (unpaired) electrons. The van der Waals surface area contributed by atoms with E-state index in [0.29, 0.717) is 12.0 Å². The third-order valence-corrected chi connectivity index (χ3v) is 4.07. The number of esters is 1. The van der Waals surface area contributed by atoms with E-state index in [4.69, 9.17) is 4.74 Å². The van der Waals surface area contributed by atoms with Gasteiger partial charge in [0.2, 0.25) is 0 Å². The first-order valence-electron chi connectivity index (χ1n) is 7.38. The van der Waals surface area contributed by atoms with Gasteiger partial charge >= 0.3 is 5.97 Å². The van der Waals surface area contributed by atoms with Crippen LogP contribution in [0.5, 0.6) is 0 Å². The van der Waals surface area contributed by atoms with Gasteiger partial charge in [-0.25, -0.2) is 0 Å². The minimum Gasteiger partial charge on any atom is -0.465 e. The molecule has 0 aliphatic heterocycles. The van der Waals surface area contributed by atoms with Crippen molar-refractivity contribution in [3.8, 4) is 0 Å². The van der Waals surface area contributed by atoms with Crippen molar-refractivity contribution in [2.75, 3.05) is 13.2 Å². The van der Waals surface area contributed by atoms with E-state index in [9.17, 15) is 4.79 Å². The lowest BCUT2D eigenvalue weighted by Crippen LogP contribution is -2.53. The highest BCUT2D eigenvalue weighted by Gasteiger charge is 2.42. The van der Waals surface area contributed by atoms with E-state index in [2.05, 4.69) is 26.1 Å². The van der Waals surface area contributed by atoms with Gasteiger partial charge in [-0.05, 0) is 51.0 Å². The van der Waals surface area contributed by atoms with Crippen LogP contribution < -0.4 is 5.32 Å². The van der Waals surface area contributed by atoms with E-state index in [1.54, 1.807) is 0 Å². The van der Waals surface area contributed by atoms with Crippen molar-refractivity contribution in [3.63, 3.8) is 0 Å². The van der Waals surface area contributed by atoms with Gasteiger partial charge in [0.05, 0.1) is 6.61 Å². The summed E-state index contributed by atoms with van der Waals surface area (Å²) in [6, 6.07) is 0. The summed E-state index contributed by atoms with van der Waals surface area (Å²) in [7, 11) is 0. The molecular weight excluding hydrogens is 226 g/mol. The van der Waals surface area contributed by atoms with Crippen LogP contribution >= 0.6 is 0 Å². The Balaban J connectivity index is 2.79. The van der Waals surface area contributed by atoms with Crippen LogP contribution in [0.15, 0.2) is 0 Å². The molecule has 1 atom stereocenters. The number of rotatable bonds is 5. The molecule has 18 heavy (non-hydrogen) atoms. The summed E-state index contributed by atoms with van der Waals surface area (Å²) in [5, 5.41) is 3.47. The van der Waals surface area contributed by atoms with Gasteiger partial charge in [-0.2, -0.15) is 0 Å². The van der Waals surface area contributed by atoms with Crippen molar-refractivity contribution in [2.45, 2.75) is 71.8 Å². The van der Waals surface area contributed by atoms with Crippen LogP contribution in [0, 0.1) is 5.41 Å². The highest BCUT2D eigenvalue weighted by Crippen LogP contribution is 2.38. The van der Waals surface area contributed by atoms with Crippen molar-refractivity contribution in [2.24, 2.45) is 5.41 Å². The summed E-state index contributed by atoms with van der Waals surface area (Å²) in [6.45, 7) is 9.97. The van der Waals surface area contributed by atoms with Crippen LogP contribution in [0.25, 0.3) is 0 Å². The Bertz CT molecular complexity index is 276. The van der Waals surface area contributed by atoms with Crippen LogP contribution in [0.2, 0.25) is 0 Å². The van der Waals surface area contributed by atoms with E-state index in [0.717, 1.165) is 38.6 Å². The number of carbonyl (C=O) groups is 1. The van der Waals surface area contributed by atoms with Gasteiger partial charge in [-0.15, -0.1) is 0 Å². The smallest absolute Gasteiger partial charge is 0.326 e. The van der Waals surface area contributed by atoms with Gasteiger partial charge < -0.3 is 10.1 Å². The van der Waals surface area contributed by atoms with Crippen LogP contribution in [0.1, 0.15) is 66.2 Å². The molecule has 3 nitrogen and oxygen atoms in total. The van der Waals surface area contributed by atoms with Crippen molar-refractivity contribution < 1.29 is 9.53 Å². The summed E-state index contributed by atoms with van der Waals surface area (Å²) in [6.07, 6.45) is 6.24. The average Bonchev–Trinajstić information content (AvgIpc) is 2.47. The van der Waals surface area contributed by atoms with Crippen molar-refractivity contribution in [1.29, 1.82) is 0 Å². The van der Waals surface area contributed by atoms with E-state index < -0.39 is 5.54 Å². The molecule has 0 bridgehead atoms. The topological polar surface area (TPSA) is 38.3 Å². The zero-order valence-corrected chi connectivity index (χ0v) is 12.5. The largest absolute Gasteiger partial charge is 0.465 e. The fraction of sp³-hybridized carbons (Fsp3) is 0.933. The molecule has 1 N–H and O–H groups in total. The summed E-state index contributed by atoms with van der Waals surface area (Å²) in [4.78, 5) is 12.3. The quantitative estimate of drug-likeness (QED) is 0.605. The molecular formula is C15H29NO2. The Morgan fingerprint density at radius 3 is 2.50 bits per heavy atom. The Morgan fingerprint density at radius 1 is 1.17 bits per heavy atom. The molecule has 0 amide bonds. The molecule has 0 aromatic carbocycles. The predicted molar refractivity (Wildman–Crippen MR) is 74.5 cm³/mol. The van der Waals surface area contributed by atoms with Crippen LogP contribution in [-0.4, -0.2) is 24.7 Å². The van der Waals surface area contributed by atoms with Gasteiger partial charge in [0.1, 0.15) is 5.54 Å². The Kier molecular flexibility index (Phi) is 5.64. The van der Waals surface area contributed by atoms with Crippen LogP contribution in [0.4, 0.5) is 0 Å². The third-order valence-electron chi connectivity index (χ3n) is 4.07. The molecule has 0 spiro atoms. The lowest BCUT2D eigenvalue weighted by atomic mass is 9.83. The van der Waals surface area contributed by atoms with Gasteiger partial charge in [-0.1, -0.05) is 27.2 Å². The van der Waals surface area contributed by atoms with Gasteiger partial charge in [0, 0.05) is 0 Å². The molecule has 1 fully saturated rings. The minimum atomic E-state index is -0.431. The SMILES string of the molecule is CCCNC1(C(=O)OCC)CCCC(C)(C)CC1. The lowest BCUT2D eigenvalue weighted by molar-refractivity contribution is -0.152. The standard InChI is InChI=1S/C15H29NO2/c1-5-12-16-15(13(17)18-6-2)9-7-8-14(3,4)10-11-15/h16H,5-12H2,1-4H3. The van der Waals surface area contributed by atoms with Gasteiger partial charge in [0.15, 0.2) is 0 Å². The molecule has 0 aromatic heterocycles. The normalized spacial score (nSPS) is 27.6. The summed E-state index contributed by atoms with van der Waals surface area (Å²) in [5.74, 6) is -0.0452. The van der Waals surface area contributed by atoms with E-state index in [-0.39, 0.29) is 5.97 Å². The second kappa shape index (κ2) is 6.55. The minimum absolute atomic E-state index is 0.0452. The van der Waals surface area contributed by atoms with Crippen LogP contribution in [-0.2, 0) is 9.53 Å². The fourth-order valence-corrected chi connectivity index (χ4v) is 2.76. The second-order valence-corrected chi connectivity index (χ2v) is 6.25. The highest BCUT2D eigenvalue weighted by atomic mass is 16.5. The number of nitrogens with one attached hydrogen (secondary N) is 1. The van der Waals surface area contributed by atoms with E-state index in [1.807, 2.05) is 6.92 Å². The summed E-state index contributed by atoms with van der Waals surface area (Å²) in [5.41, 5.74) is -0.0814. The maximum atomic E-state index is 12.3. The second-order valence-electron chi connectivity index (χ2n) is 6.25. The molecule has 1 aliphatic rings. The van der Waals surface area contributed by atoms with Crippen molar-refractivity contribution in [1.82, 2.24) is 5.32 Å². The first-order chi connectivity index (χ1) is 8.46. The maximum absolute atomic E-state index is 12.3. The molecule has 1 saturated carbocycles. The van der Waals surface area contributed by atoms with Crippen molar-refractivity contribution >= 4 is 5.97 Å². The van der Waals surface area contributed by atoms with Gasteiger partial charge in [0.25, 0.3) is 0 Å².